The van der Waals surface area contributed by atoms with Gasteiger partial charge in [0.25, 0.3) is 0 Å². The number of aliphatic hydroxyl groups is 1. The Morgan fingerprint density at radius 3 is 2.81 bits per heavy atom. The average molecular weight is 220 g/mol. The molecule has 1 N–H and O–H groups in total. The van der Waals surface area contributed by atoms with Crippen LogP contribution in [0.3, 0.4) is 0 Å². The summed E-state index contributed by atoms with van der Waals surface area (Å²) < 4.78 is 0. The lowest BCUT2D eigenvalue weighted by molar-refractivity contribution is 0.277. The summed E-state index contributed by atoms with van der Waals surface area (Å²) in [6, 6.07) is 4.51. The van der Waals surface area contributed by atoms with Gasteiger partial charge in [-0.15, -0.1) is 0 Å². The minimum atomic E-state index is 0.0171. The van der Waals surface area contributed by atoms with Crippen molar-refractivity contribution in [2.75, 3.05) is 11.4 Å². The van der Waals surface area contributed by atoms with Crippen molar-refractivity contribution < 1.29 is 5.11 Å². The molecule has 1 heterocycles. The largest absolute Gasteiger partial charge is 0.390 e. The topological polar surface area (TPSA) is 36.4 Å². The smallest absolute Gasteiger partial charge is 0.0853 e. The molecular weight excluding hydrogens is 200 g/mol. The fourth-order valence-electron chi connectivity index (χ4n) is 1.92. The van der Waals surface area contributed by atoms with Crippen LogP contribution < -0.4 is 4.90 Å². The highest BCUT2D eigenvalue weighted by molar-refractivity contribution is 5.47. The van der Waals surface area contributed by atoms with Gasteiger partial charge in [-0.05, 0) is 44.7 Å². The Morgan fingerprint density at radius 2 is 2.25 bits per heavy atom. The molecule has 3 nitrogen and oxygen atoms in total. The Hall–Kier alpha value is -1.09. The molecule has 1 aliphatic rings. The highest BCUT2D eigenvalue weighted by Crippen LogP contribution is 2.32. The van der Waals surface area contributed by atoms with Crippen LogP contribution >= 0.6 is 0 Å². The second kappa shape index (κ2) is 4.83. The van der Waals surface area contributed by atoms with E-state index >= 15 is 0 Å². The van der Waals surface area contributed by atoms with Gasteiger partial charge in [0.2, 0.25) is 0 Å². The summed E-state index contributed by atoms with van der Waals surface area (Å²) in [4.78, 5) is 6.52. The van der Waals surface area contributed by atoms with E-state index in [4.69, 9.17) is 5.11 Å². The average Bonchev–Trinajstić information content (AvgIpc) is 3.09. The molecule has 3 heteroatoms. The molecule has 0 saturated heterocycles. The first-order valence-corrected chi connectivity index (χ1v) is 6.03. The lowest BCUT2D eigenvalue weighted by atomic mass is 10.2. The van der Waals surface area contributed by atoms with E-state index < -0.39 is 0 Å². The molecule has 1 aromatic rings. The molecule has 0 bridgehead atoms. The number of nitrogens with zero attached hydrogens (tertiary/aromatic N) is 2. The van der Waals surface area contributed by atoms with Crippen LogP contribution in [0.15, 0.2) is 18.3 Å². The van der Waals surface area contributed by atoms with Crippen molar-refractivity contribution >= 4 is 5.69 Å². The number of aliphatic hydroxyl groups excluding tert-OH is 1. The maximum Gasteiger partial charge on any atom is 0.0853 e. The molecule has 0 aromatic carbocycles. The third kappa shape index (κ3) is 2.73. The fourth-order valence-corrected chi connectivity index (χ4v) is 1.92. The molecular formula is C13H20N2O. The molecule has 0 amide bonds. The van der Waals surface area contributed by atoms with Crippen molar-refractivity contribution in [2.45, 2.75) is 39.3 Å². The molecule has 1 saturated carbocycles. The van der Waals surface area contributed by atoms with Gasteiger partial charge in [0, 0.05) is 24.5 Å². The Kier molecular flexibility index (Phi) is 3.44. The van der Waals surface area contributed by atoms with Gasteiger partial charge in [0.05, 0.1) is 12.3 Å². The molecule has 2 rings (SSSR count). The highest BCUT2D eigenvalue weighted by Gasteiger charge is 2.25. The molecule has 1 aromatic heterocycles. The van der Waals surface area contributed by atoms with Gasteiger partial charge in [-0.1, -0.05) is 0 Å². The van der Waals surface area contributed by atoms with Crippen molar-refractivity contribution in [3.8, 4) is 0 Å². The van der Waals surface area contributed by atoms with Crippen LogP contribution in [0, 0.1) is 5.92 Å². The molecule has 0 unspecified atom stereocenters. The summed E-state index contributed by atoms with van der Waals surface area (Å²) in [5.74, 6) is 0.869. The van der Waals surface area contributed by atoms with Crippen molar-refractivity contribution in [3.63, 3.8) is 0 Å². The van der Waals surface area contributed by atoms with E-state index in [-0.39, 0.29) is 6.61 Å². The van der Waals surface area contributed by atoms with E-state index in [1.54, 1.807) is 6.20 Å². The Bertz CT molecular complexity index is 348. The maximum atomic E-state index is 9.10. The van der Waals surface area contributed by atoms with Gasteiger partial charge >= 0.3 is 0 Å². The van der Waals surface area contributed by atoms with E-state index in [9.17, 15) is 0 Å². The molecule has 0 radical (unpaired) electrons. The van der Waals surface area contributed by atoms with Crippen molar-refractivity contribution in [1.29, 1.82) is 0 Å². The van der Waals surface area contributed by atoms with Crippen LogP contribution in [0.25, 0.3) is 0 Å². The lowest BCUT2D eigenvalue weighted by Crippen LogP contribution is -2.32. The lowest BCUT2D eigenvalue weighted by Gasteiger charge is -2.29. The van der Waals surface area contributed by atoms with Crippen LogP contribution in [0.4, 0.5) is 5.69 Å². The summed E-state index contributed by atoms with van der Waals surface area (Å²) in [7, 11) is 0. The van der Waals surface area contributed by atoms with Gasteiger partial charge in [-0.3, -0.25) is 4.98 Å². The molecule has 1 aliphatic carbocycles. The zero-order valence-electron chi connectivity index (χ0n) is 10.1. The quantitative estimate of drug-likeness (QED) is 0.826. The molecule has 0 aliphatic heterocycles. The molecule has 0 atom stereocenters. The standard InChI is InChI=1S/C13H20N2O/c1-10(2)15(8-11-3-4-11)13-5-6-14-12(7-13)9-16/h5-7,10-11,16H,3-4,8-9H2,1-2H3. The number of hydrogen-bond acceptors (Lipinski definition) is 3. The molecule has 0 spiro atoms. The van der Waals surface area contributed by atoms with Gasteiger partial charge < -0.3 is 10.0 Å². The SMILES string of the molecule is CC(C)N(CC1CC1)c1ccnc(CO)c1. The van der Waals surface area contributed by atoms with E-state index in [2.05, 4.69) is 23.7 Å². The second-order valence-corrected chi connectivity index (χ2v) is 4.85. The zero-order chi connectivity index (χ0) is 11.5. The second-order valence-electron chi connectivity index (χ2n) is 4.85. The van der Waals surface area contributed by atoms with Crippen LogP contribution in [-0.4, -0.2) is 22.7 Å². The third-order valence-electron chi connectivity index (χ3n) is 3.07. The van der Waals surface area contributed by atoms with Crippen molar-refractivity contribution in [2.24, 2.45) is 5.92 Å². The summed E-state index contributed by atoms with van der Waals surface area (Å²) >= 11 is 0. The van der Waals surface area contributed by atoms with E-state index in [1.807, 2.05) is 12.1 Å². The summed E-state index contributed by atoms with van der Waals surface area (Å²) in [5, 5.41) is 9.10. The summed E-state index contributed by atoms with van der Waals surface area (Å²) in [5.41, 5.74) is 1.93. The first kappa shape index (κ1) is 11.4. The molecule has 16 heavy (non-hydrogen) atoms. The number of rotatable bonds is 5. The van der Waals surface area contributed by atoms with Crippen LogP contribution in [0.2, 0.25) is 0 Å². The number of pyridine rings is 1. The predicted molar refractivity (Wildman–Crippen MR) is 65.4 cm³/mol. The number of aromatic nitrogens is 1. The van der Waals surface area contributed by atoms with Crippen molar-refractivity contribution in [3.05, 3.63) is 24.0 Å². The molecule has 1 fully saturated rings. The van der Waals surface area contributed by atoms with Gasteiger partial charge in [-0.2, -0.15) is 0 Å². The summed E-state index contributed by atoms with van der Waals surface area (Å²) in [6.45, 7) is 5.57. The van der Waals surface area contributed by atoms with Gasteiger partial charge in [0.1, 0.15) is 0 Å². The normalized spacial score (nSPS) is 15.5. The minimum absolute atomic E-state index is 0.0171. The van der Waals surface area contributed by atoms with Crippen molar-refractivity contribution in [1.82, 2.24) is 4.98 Å². The van der Waals surface area contributed by atoms with Gasteiger partial charge in [-0.25, -0.2) is 0 Å². The molecule has 88 valence electrons. The first-order chi connectivity index (χ1) is 7.70. The minimum Gasteiger partial charge on any atom is -0.390 e. The van der Waals surface area contributed by atoms with E-state index in [0.717, 1.165) is 18.2 Å². The third-order valence-corrected chi connectivity index (χ3v) is 3.07. The first-order valence-electron chi connectivity index (χ1n) is 6.03. The monoisotopic (exact) mass is 220 g/mol. The Morgan fingerprint density at radius 1 is 1.50 bits per heavy atom. The summed E-state index contributed by atoms with van der Waals surface area (Å²) in [6.07, 6.45) is 4.51. The van der Waals surface area contributed by atoms with E-state index in [0.29, 0.717) is 6.04 Å². The van der Waals surface area contributed by atoms with Crippen LogP contribution in [0.5, 0.6) is 0 Å². The predicted octanol–water partition coefficient (Wildman–Crippen LogP) is 2.20. The highest BCUT2D eigenvalue weighted by atomic mass is 16.3. The number of hydrogen-bond donors (Lipinski definition) is 1. The van der Waals surface area contributed by atoms with Crippen LogP contribution in [-0.2, 0) is 6.61 Å². The maximum absolute atomic E-state index is 9.10. The Balaban J connectivity index is 2.15. The van der Waals surface area contributed by atoms with Gasteiger partial charge in [0.15, 0.2) is 0 Å². The fraction of sp³-hybridized carbons (Fsp3) is 0.615. The Labute approximate surface area is 97.1 Å². The zero-order valence-corrected chi connectivity index (χ0v) is 10.1. The van der Waals surface area contributed by atoms with Crippen LogP contribution in [0.1, 0.15) is 32.4 Å². The van der Waals surface area contributed by atoms with E-state index in [1.165, 1.54) is 18.5 Å². The number of anilines is 1.